The molecule has 0 aromatic heterocycles. The van der Waals surface area contributed by atoms with Crippen LogP contribution in [0.3, 0.4) is 0 Å². The van der Waals surface area contributed by atoms with Crippen molar-refractivity contribution in [2.45, 2.75) is 19.8 Å². The molecule has 0 saturated carbocycles. The number of allylic oxidation sites excluding steroid dienone is 1. The van der Waals surface area contributed by atoms with Crippen molar-refractivity contribution >= 4 is 11.6 Å². The van der Waals surface area contributed by atoms with Gasteiger partial charge < -0.3 is 0 Å². The van der Waals surface area contributed by atoms with Gasteiger partial charge in [-0.05, 0) is 23.6 Å². The first kappa shape index (κ1) is 12.4. The summed E-state index contributed by atoms with van der Waals surface area (Å²) in [5.74, 6) is 0. The highest BCUT2D eigenvalue weighted by molar-refractivity contribution is 5.68. The van der Waals surface area contributed by atoms with Crippen LogP contribution < -0.4 is 0 Å². The van der Waals surface area contributed by atoms with E-state index in [-0.39, 0.29) is 0 Å². The van der Waals surface area contributed by atoms with E-state index in [1.54, 1.807) is 0 Å². The first-order chi connectivity index (χ1) is 8.90. The molecule has 2 aromatic carbocycles. The maximum Gasteiger partial charge on any atom is 0.00122 e. The Balaban J connectivity index is 2.33. The number of hydrogen-bond donors (Lipinski definition) is 0. The first-order valence-electron chi connectivity index (χ1n) is 6.46. The van der Waals surface area contributed by atoms with Gasteiger partial charge in [0.2, 0.25) is 0 Å². The Kier molecular flexibility index (Phi) is 4.58. The monoisotopic (exact) mass is 234 g/mol. The lowest BCUT2D eigenvalue weighted by Crippen LogP contribution is -1.81. The van der Waals surface area contributed by atoms with Crippen LogP contribution in [0, 0.1) is 0 Å². The second-order valence-corrected chi connectivity index (χ2v) is 4.29. The SMILES string of the molecule is CCCC(=C=Cc1ccccc1)c1ccccc1. The van der Waals surface area contributed by atoms with Crippen LogP contribution in [0.4, 0.5) is 0 Å². The molecule has 0 unspecified atom stereocenters. The lowest BCUT2D eigenvalue weighted by Gasteiger charge is -2.02. The van der Waals surface area contributed by atoms with E-state index in [2.05, 4.69) is 67.3 Å². The second kappa shape index (κ2) is 6.64. The van der Waals surface area contributed by atoms with Crippen LogP contribution in [-0.4, -0.2) is 0 Å². The molecule has 0 atom stereocenters. The minimum Gasteiger partial charge on any atom is -0.116 e. The van der Waals surface area contributed by atoms with Gasteiger partial charge in [0.05, 0.1) is 0 Å². The summed E-state index contributed by atoms with van der Waals surface area (Å²) in [6.07, 6.45) is 4.27. The van der Waals surface area contributed by atoms with Crippen LogP contribution in [0.25, 0.3) is 11.6 Å². The van der Waals surface area contributed by atoms with E-state index in [9.17, 15) is 0 Å². The summed E-state index contributed by atoms with van der Waals surface area (Å²) in [5, 5.41) is 0. The zero-order valence-corrected chi connectivity index (χ0v) is 10.8. The van der Waals surface area contributed by atoms with E-state index in [4.69, 9.17) is 0 Å². The summed E-state index contributed by atoms with van der Waals surface area (Å²) in [6, 6.07) is 20.8. The zero-order chi connectivity index (χ0) is 12.6. The lowest BCUT2D eigenvalue weighted by molar-refractivity contribution is 0.974. The molecular weight excluding hydrogens is 216 g/mol. The molecule has 2 aromatic rings. The van der Waals surface area contributed by atoms with Crippen LogP contribution in [0.15, 0.2) is 66.4 Å². The predicted octanol–water partition coefficient (Wildman–Crippen LogP) is 5.18. The molecule has 0 fully saturated rings. The fraction of sp³-hybridized carbons (Fsp3) is 0.167. The van der Waals surface area contributed by atoms with E-state index < -0.39 is 0 Å². The van der Waals surface area contributed by atoms with Gasteiger partial charge in [0, 0.05) is 5.57 Å². The average molecular weight is 234 g/mol. The van der Waals surface area contributed by atoms with Crippen LogP contribution in [0.1, 0.15) is 30.9 Å². The quantitative estimate of drug-likeness (QED) is 0.639. The van der Waals surface area contributed by atoms with Crippen LogP contribution in [-0.2, 0) is 0 Å². The van der Waals surface area contributed by atoms with Gasteiger partial charge in [0.15, 0.2) is 0 Å². The molecule has 90 valence electrons. The Bertz CT molecular complexity index is 529. The molecule has 0 saturated heterocycles. The van der Waals surface area contributed by atoms with Crippen LogP contribution in [0.5, 0.6) is 0 Å². The van der Waals surface area contributed by atoms with Gasteiger partial charge in [0.25, 0.3) is 0 Å². The lowest BCUT2D eigenvalue weighted by atomic mass is 10.0. The van der Waals surface area contributed by atoms with Crippen molar-refractivity contribution in [2.75, 3.05) is 0 Å². The number of benzene rings is 2. The van der Waals surface area contributed by atoms with Gasteiger partial charge in [-0.15, -0.1) is 5.73 Å². The summed E-state index contributed by atoms with van der Waals surface area (Å²) in [5.41, 5.74) is 7.19. The van der Waals surface area contributed by atoms with Gasteiger partial charge in [0.1, 0.15) is 0 Å². The number of hydrogen-bond acceptors (Lipinski definition) is 0. The maximum atomic E-state index is 3.44. The van der Waals surface area contributed by atoms with Crippen LogP contribution in [0.2, 0.25) is 0 Å². The molecule has 0 amide bonds. The minimum atomic E-state index is 1.06. The molecule has 18 heavy (non-hydrogen) atoms. The standard InChI is InChI=1S/C18H18/c1-2-9-17(18-12-7-4-8-13-18)15-14-16-10-5-3-6-11-16/h3-8,10-14H,2,9H2,1H3. The van der Waals surface area contributed by atoms with Crippen molar-refractivity contribution in [3.8, 4) is 0 Å². The summed E-state index contributed by atoms with van der Waals surface area (Å²) in [7, 11) is 0. The third-order valence-electron chi connectivity index (χ3n) is 2.83. The van der Waals surface area contributed by atoms with Crippen molar-refractivity contribution in [3.05, 3.63) is 77.5 Å². The van der Waals surface area contributed by atoms with E-state index in [0.717, 1.165) is 12.8 Å². The second-order valence-electron chi connectivity index (χ2n) is 4.29. The molecule has 0 spiro atoms. The fourth-order valence-electron chi connectivity index (χ4n) is 1.91. The van der Waals surface area contributed by atoms with Crippen molar-refractivity contribution in [3.63, 3.8) is 0 Å². The highest BCUT2D eigenvalue weighted by Gasteiger charge is 1.97. The fourth-order valence-corrected chi connectivity index (χ4v) is 1.91. The number of rotatable bonds is 4. The van der Waals surface area contributed by atoms with Crippen molar-refractivity contribution in [1.82, 2.24) is 0 Å². The van der Waals surface area contributed by atoms with E-state index >= 15 is 0 Å². The summed E-state index contributed by atoms with van der Waals surface area (Å²) < 4.78 is 0. The molecule has 2 rings (SSSR count). The summed E-state index contributed by atoms with van der Waals surface area (Å²) in [6.45, 7) is 2.20. The first-order valence-corrected chi connectivity index (χ1v) is 6.46. The molecule has 0 bridgehead atoms. The Hall–Kier alpha value is -2.04. The Labute approximate surface area is 109 Å². The molecule has 0 N–H and O–H groups in total. The molecular formula is C18H18. The molecule has 0 radical (unpaired) electrons. The molecule has 0 aliphatic carbocycles. The predicted molar refractivity (Wildman–Crippen MR) is 79.2 cm³/mol. The molecule has 0 heterocycles. The third kappa shape index (κ3) is 3.48. The smallest absolute Gasteiger partial charge is 0.00122 e. The minimum absolute atomic E-state index is 1.06. The molecule has 0 aliphatic rings. The van der Waals surface area contributed by atoms with Gasteiger partial charge >= 0.3 is 0 Å². The molecule has 0 aliphatic heterocycles. The maximum absolute atomic E-state index is 3.44. The van der Waals surface area contributed by atoms with Gasteiger partial charge in [-0.3, -0.25) is 0 Å². The molecule has 0 nitrogen and oxygen atoms in total. The van der Waals surface area contributed by atoms with E-state index in [1.165, 1.54) is 16.7 Å². The highest BCUT2D eigenvalue weighted by Crippen LogP contribution is 2.18. The Morgan fingerprint density at radius 3 is 2.17 bits per heavy atom. The Morgan fingerprint density at radius 1 is 0.944 bits per heavy atom. The van der Waals surface area contributed by atoms with Crippen molar-refractivity contribution < 1.29 is 0 Å². The van der Waals surface area contributed by atoms with Gasteiger partial charge in [-0.25, -0.2) is 0 Å². The normalized spacial score (nSPS) is 9.61. The van der Waals surface area contributed by atoms with Gasteiger partial charge in [-0.2, -0.15) is 0 Å². The average Bonchev–Trinajstić information content (AvgIpc) is 2.45. The summed E-state index contributed by atoms with van der Waals surface area (Å²) >= 11 is 0. The Morgan fingerprint density at radius 2 is 1.56 bits per heavy atom. The largest absolute Gasteiger partial charge is 0.116 e. The molecule has 0 heteroatoms. The zero-order valence-electron chi connectivity index (χ0n) is 10.8. The van der Waals surface area contributed by atoms with Crippen molar-refractivity contribution in [1.29, 1.82) is 0 Å². The van der Waals surface area contributed by atoms with Crippen molar-refractivity contribution in [2.24, 2.45) is 0 Å². The van der Waals surface area contributed by atoms with E-state index in [1.807, 2.05) is 12.1 Å². The highest BCUT2D eigenvalue weighted by atomic mass is 14.0. The van der Waals surface area contributed by atoms with Crippen LogP contribution >= 0.6 is 0 Å². The third-order valence-corrected chi connectivity index (χ3v) is 2.83. The van der Waals surface area contributed by atoms with Gasteiger partial charge in [-0.1, -0.05) is 74.0 Å². The topological polar surface area (TPSA) is 0 Å². The summed E-state index contributed by atoms with van der Waals surface area (Å²) in [4.78, 5) is 0. The van der Waals surface area contributed by atoms with E-state index in [0.29, 0.717) is 0 Å².